The van der Waals surface area contributed by atoms with Crippen LogP contribution < -0.4 is 10.6 Å². The van der Waals surface area contributed by atoms with Crippen molar-refractivity contribution in [2.24, 2.45) is 5.73 Å². The van der Waals surface area contributed by atoms with Gasteiger partial charge in [0.25, 0.3) is 0 Å². The van der Waals surface area contributed by atoms with Gasteiger partial charge in [0.05, 0.1) is 5.69 Å². The fraction of sp³-hybridized carbons (Fsp3) is 0.417. The molecule has 0 bridgehead atoms. The molecule has 0 aliphatic heterocycles. The number of nitrogens with two attached hydrogens (primary N) is 1. The number of anilines is 1. The second kappa shape index (κ2) is 6.61. The van der Waals surface area contributed by atoms with E-state index in [1.165, 1.54) is 0 Å². The van der Waals surface area contributed by atoms with E-state index in [1.54, 1.807) is 0 Å². The third-order valence-electron chi connectivity index (χ3n) is 2.68. The van der Waals surface area contributed by atoms with Gasteiger partial charge in [-0.3, -0.25) is 0 Å². The predicted molar refractivity (Wildman–Crippen MR) is 86.3 cm³/mol. The lowest BCUT2D eigenvalue weighted by Gasteiger charge is -2.27. The molecule has 0 amide bonds. The van der Waals surface area contributed by atoms with Crippen LogP contribution in [0.15, 0.2) is 22.7 Å². The van der Waals surface area contributed by atoms with Gasteiger partial charge in [0.1, 0.15) is 4.99 Å². The summed E-state index contributed by atoms with van der Waals surface area (Å²) in [7, 11) is 2.10. The van der Waals surface area contributed by atoms with E-state index in [1.807, 2.05) is 23.9 Å². The Balaban J connectivity index is 2.95. The highest BCUT2D eigenvalue weighted by Gasteiger charge is 2.13. The highest BCUT2D eigenvalue weighted by molar-refractivity contribution is 9.10. The quantitative estimate of drug-likeness (QED) is 0.838. The maximum absolute atomic E-state index is 5.61. The summed E-state index contributed by atoms with van der Waals surface area (Å²) in [4.78, 5) is 2.68. The monoisotopic (exact) mass is 332 g/mol. The second-order valence-corrected chi connectivity index (χ2v) is 6.15. The Hall–Kier alpha value is -0.260. The number of hydrogen-bond acceptors (Lipinski definition) is 3. The molecule has 1 aromatic rings. The molecule has 1 unspecified atom stereocenters. The van der Waals surface area contributed by atoms with Gasteiger partial charge in [0.2, 0.25) is 0 Å². The molecule has 5 heteroatoms. The topological polar surface area (TPSA) is 29.3 Å². The van der Waals surface area contributed by atoms with Crippen molar-refractivity contribution in [2.45, 2.75) is 13.0 Å². The molecule has 0 heterocycles. The number of hydrogen-bond donors (Lipinski definition) is 1. The summed E-state index contributed by atoms with van der Waals surface area (Å²) in [5.41, 5.74) is 7.66. The van der Waals surface area contributed by atoms with Crippen molar-refractivity contribution in [1.82, 2.24) is 0 Å². The van der Waals surface area contributed by atoms with Crippen molar-refractivity contribution >= 4 is 50.6 Å². The summed E-state index contributed by atoms with van der Waals surface area (Å²) in [5, 5.41) is 0. The molecular weight excluding hydrogens is 316 g/mol. The summed E-state index contributed by atoms with van der Waals surface area (Å²) < 4.78 is 1.03. The summed E-state index contributed by atoms with van der Waals surface area (Å²) in [6, 6.07) is 6.47. The SMILES string of the molecule is CSCC(C)N(C)c1ccc(C(N)=S)cc1Br. The summed E-state index contributed by atoms with van der Waals surface area (Å²) >= 11 is 10.4. The van der Waals surface area contributed by atoms with E-state index in [9.17, 15) is 0 Å². The van der Waals surface area contributed by atoms with Gasteiger partial charge < -0.3 is 10.6 Å². The maximum Gasteiger partial charge on any atom is 0.104 e. The lowest BCUT2D eigenvalue weighted by molar-refractivity contribution is 0.764. The Kier molecular flexibility index (Phi) is 5.76. The van der Waals surface area contributed by atoms with Crippen LogP contribution in [-0.4, -0.2) is 30.1 Å². The standard InChI is InChI=1S/C12H17BrN2S2/c1-8(7-17-3)15(2)11-5-4-9(12(14)16)6-10(11)13/h4-6,8H,7H2,1-3H3,(H2,14,16). The Labute approximate surface area is 121 Å². The van der Waals surface area contributed by atoms with Gasteiger partial charge in [0, 0.05) is 28.9 Å². The van der Waals surface area contributed by atoms with Crippen LogP contribution in [0, 0.1) is 0 Å². The molecule has 0 aliphatic carbocycles. The number of halogens is 1. The highest BCUT2D eigenvalue weighted by atomic mass is 79.9. The van der Waals surface area contributed by atoms with Crippen LogP contribution in [0.25, 0.3) is 0 Å². The first-order chi connectivity index (χ1) is 7.97. The molecule has 0 aromatic heterocycles. The van der Waals surface area contributed by atoms with Crippen molar-refractivity contribution in [1.29, 1.82) is 0 Å². The van der Waals surface area contributed by atoms with Crippen LogP contribution >= 0.6 is 39.9 Å². The van der Waals surface area contributed by atoms with Crippen LogP contribution in [0.1, 0.15) is 12.5 Å². The predicted octanol–water partition coefficient (Wildman–Crippen LogP) is 3.27. The van der Waals surface area contributed by atoms with E-state index in [0.717, 1.165) is 21.5 Å². The normalized spacial score (nSPS) is 12.2. The number of nitrogens with zero attached hydrogens (tertiary/aromatic N) is 1. The van der Waals surface area contributed by atoms with Crippen LogP contribution in [0.2, 0.25) is 0 Å². The van der Waals surface area contributed by atoms with Crippen molar-refractivity contribution in [3.63, 3.8) is 0 Å². The zero-order chi connectivity index (χ0) is 13.0. The fourth-order valence-corrected chi connectivity index (χ4v) is 3.03. The zero-order valence-corrected chi connectivity index (χ0v) is 13.5. The lowest BCUT2D eigenvalue weighted by atomic mass is 10.2. The van der Waals surface area contributed by atoms with Crippen LogP contribution in [-0.2, 0) is 0 Å². The van der Waals surface area contributed by atoms with E-state index in [0.29, 0.717) is 11.0 Å². The first kappa shape index (κ1) is 14.8. The van der Waals surface area contributed by atoms with Gasteiger partial charge in [-0.2, -0.15) is 11.8 Å². The molecular formula is C12H17BrN2S2. The average Bonchev–Trinajstić information content (AvgIpc) is 2.28. The van der Waals surface area contributed by atoms with Gasteiger partial charge in [-0.25, -0.2) is 0 Å². The summed E-state index contributed by atoms with van der Waals surface area (Å²) in [5.74, 6) is 1.10. The molecule has 0 fully saturated rings. The van der Waals surface area contributed by atoms with Crippen molar-refractivity contribution in [3.05, 3.63) is 28.2 Å². The number of benzene rings is 1. The van der Waals surface area contributed by atoms with Crippen LogP contribution in [0.4, 0.5) is 5.69 Å². The van der Waals surface area contributed by atoms with E-state index >= 15 is 0 Å². The van der Waals surface area contributed by atoms with E-state index in [-0.39, 0.29) is 0 Å². The third kappa shape index (κ3) is 3.86. The second-order valence-electron chi connectivity index (χ2n) is 3.95. The highest BCUT2D eigenvalue weighted by Crippen LogP contribution is 2.28. The molecule has 1 aromatic carbocycles. The Morgan fingerprint density at radius 2 is 2.24 bits per heavy atom. The molecule has 0 saturated carbocycles. The molecule has 2 nitrogen and oxygen atoms in total. The van der Waals surface area contributed by atoms with Gasteiger partial charge in [-0.1, -0.05) is 12.2 Å². The van der Waals surface area contributed by atoms with Crippen molar-refractivity contribution < 1.29 is 0 Å². The molecule has 94 valence electrons. The van der Waals surface area contributed by atoms with Crippen molar-refractivity contribution in [3.8, 4) is 0 Å². The van der Waals surface area contributed by atoms with Gasteiger partial charge >= 0.3 is 0 Å². The van der Waals surface area contributed by atoms with Gasteiger partial charge in [0.15, 0.2) is 0 Å². The molecule has 17 heavy (non-hydrogen) atoms. The largest absolute Gasteiger partial charge is 0.389 e. The fourth-order valence-electron chi connectivity index (χ4n) is 1.54. The van der Waals surface area contributed by atoms with Crippen LogP contribution in [0.5, 0.6) is 0 Å². The molecule has 1 atom stereocenters. The van der Waals surface area contributed by atoms with Gasteiger partial charge in [-0.15, -0.1) is 0 Å². The minimum atomic E-state index is 0.428. The molecule has 0 radical (unpaired) electrons. The first-order valence-electron chi connectivity index (χ1n) is 5.28. The summed E-state index contributed by atoms with van der Waals surface area (Å²) in [6.07, 6.45) is 2.12. The summed E-state index contributed by atoms with van der Waals surface area (Å²) in [6.45, 7) is 2.21. The Morgan fingerprint density at radius 1 is 1.59 bits per heavy atom. The molecule has 1 rings (SSSR count). The number of rotatable bonds is 5. The number of thioether (sulfide) groups is 1. The van der Waals surface area contributed by atoms with E-state index in [4.69, 9.17) is 18.0 Å². The minimum Gasteiger partial charge on any atom is -0.389 e. The molecule has 2 N–H and O–H groups in total. The van der Waals surface area contributed by atoms with Crippen LogP contribution in [0.3, 0.4) is 0 Å². The average molecular weight is 333 g/mol. The Bertz CT molecular complexity index is 409. The molecule has 0 spiro atoms. The Morgan fingerprint density at radius 3 is 2.71 bits per heavy atom. The number of thiocarbonyl (C=S) groups is 1. The van der Waals surface area contributed by atoms with Gasteiger partial charge in [-0.05, 0) is 47.3 Å². The first-order valence-corrected chi connectivity index (χ1v) is 7.88. The maximum atomic E-state index is 5.61. The third-order valence-corrected chi connectivity index (χ3v) is 4.37. The smallest absolute Gasteiger partial charge is 0.104 e. The minimum absolute atomic E-state index is 0.428. The molecule has 0 aliphatic rings. The lowest BCUT2D eigenvalue weighted by Crippen LogP contribution is -2.31. The molecule has 0 saturated heterocycles. The van der Waals surface area contributed by atoms with E-state index in [2.05, 4.69) is 47.1 Å². The zero-order valence-electron chi connectivity index (χ0n) is 10.2. The van der Waals surface area contributed by atoms with E-state index < -0.39 is 0 Å². The van der Waals surface area contributed by atoms with Crippen molar-refractivity contribution in [2.75, 3.05) is 24.0 Å².